The Morgan fingerprint density at radius 2 is 2.08 bits per heavy atom. The molecule has 1 aromatic heterocycles. The highest BCUT2D eigenvalue weighted by Crippen LogP contribution is 2.12. The van der Waals surface area contributed by atoms with Crippen LogP contribution in [0.2, 0.25) is 0 Å². The predicted octanol–water partition coefficient (Wildman–Crippen LogP) is 3.19. The summed E-state index contributed by atoms with van der Waals surface area (Å²) in [4.78, 5) is 25.0. The number of benzene rings is 1. The number of amides is 1. The van der Waals surface area contributed by atoms with E-state index in [4.69, 9.17) is 4.84 Å². The number of hydrogen-bond donors (Lipinski definition) is 0. The van der Waals surface area contributed by atoms with Gasteiger partial charge in [0.05, 0.1) is 11.1 Å². The topological polar surface area (TPSA) is 58.6 Å². The van der Waals surface area contributed by atoms with Crippen LogP contribution in [0.4, 0.5) is 0 Å². The molecule has 2 aromatic rings. The number of aromatic nitrogens is 2. The third kappa shape index (κ3) is 6.43. The van der Waals surface area contributed by atoms with Gasteiger partial charge in [-0.25, -0.2) is 14.8 Å². The van der Waals surface area contributed by atoms with E-state index in [9.17, 15) is 4.79 Å². The monoisotopic (exact) mass is 354 g/mol. The van der Waals surface area contributed by atoms with Crippen LogP contribution in [0.15, 0.2) is 30.7 Å². The minimum Gasteiger partial charge on any atom is -0.275 e. The summed E-state index contributed by atoms with van der Waals surface area (Å²) in [5.41, 5.74) is 1.45. The van der Waals surface area contributed by atoms with Crippen LogP contribution in [0.3, 0.4) is 0 Å². The minimum atomic E-state index is -0.411. The van der Waals surface area contributed by atoms with E-state index in [0.717, 1.165) is 42.3 Å². The number of hydroxylamine groups is 1. The maximum Gasteiger partial charge on any atom is 0.249 e. The van der Waals surface area contributed by atoms with Gasteiger partial charge in [-0.2, -0.15) is 5.01 Å². The fraction of sp³-hybridized carbons (Fsp3) is 0.450. The highest BCUT2D eigenvalue weighted by molar-refractivity contribution is 5.78. The number of fused-ring (bicyclic) bond motifs is 1. The molecule has 138 valence electrons. The first-order chi connectivity index (χ1) is 12.4. The van der Waals surface area contributed by atoms with E-state index in [2.05, 4.69) is 21.8 Å². The number of rotatable bonds is 7. The molecule has 0 unspecified atom stereocenters. The van der Waals surface area contributed by atoms with Crippen molar-refractivity contribution in [2.75, 3.05) is 13.6 Å². The number of nitrogens with zero attached hydrogens (tertiary/aromatic N) is 4. The lowest BCUT2D eigenvalue weighted by molar-refractivity contribution is -0.293. The zero-order valence-electron chi connectivity index (χ0n) is 15.9. The van der Waals surface area contributed by atoms with Gasteiger partial charge >= 0.3 is 0 Å². The number of unbranched alkanes of at least 4 members (excludes halogenated alkanes) is 2. The number of hydrazine groups is 1. The Hall–Kier alpha value is -2.49. The van der Waals surface area contributed by atoms with Crippen LogP contribution in [0.25, 0.3) is 10.9 Å². The van der Waals surface area contributed by atoms with Crippen molar-refractivity contribution in [1.82, 2.24) is 20.1 Å². The van der Waals surface area contributed by atoms with Crippen molar-refractivity contribution in [2.45, 2.75) is 45.6 Å². The van der Waals surface area contributed by atoms with Gasteiger partial charge < -0.3 is 0 Å². The molecule has 0 radical (unpaired) electrons. The second-order valence-electron chi connectivity index (χ2n) is 7.05. The molecule has 6 nitrogen and oxygen atoms in total. The third-order valence-electron chi connectivity index (χ3n) is 3.57. The normalized spacial score (nSPS) is 11.3. The molecule has 0 saturated carbocycles. The van der Waals surface area contributed by atoms with E-state index >= 15 is 0 Å². The van der Waals surface area contributed by atoms with E-state index < -0.39 is 5.60 Å². The Kier molecular flexibility index (Phi) is 7.07. The van der Waals surface area contributed by atoms with Gasteiger partial charge in [-0.1, -0.05) is 17.9 Å². The molecule has 0 N–H and O–H groups in total. The average molecular weight is 354 g/mol. The van der Waals surface area contributed by atoms with Crippen molar-refractivity contribution in [1.29, 1.82) is 0 Å². The zero-order chi connectivity index (χ0) is 19.0. The lowest BCUT2D eigenvalue weighted by atomic mass is 10.1. The van der Waals surface area contributed by atoms with E-state index in [1.54, 1.807) is 17.5 Å². The standard InChI is InChI=1S/C20H26N4O2/c1-20(2,3)26-24(16-25)23(4)12-8-6-5-7-9-17-10-11-18-14-21-15-22-19(18)13-17/h10-11,13-16H,5-6,8,12H2,1-4H3. The molecular weight excluding hydrogens is 328 g/mol. The van der Waals surface area contributed by atoms with Crippen molar-refractivity contribution in [3.8, 4) is 11.8 Å². The lowest BCUT2D eigenvalue weighted by Gasteiger charge is -2.32. The Morgan fingerprint density at radius 3 is 2.81 bits per heavy atom. The Bertz CT molecular complexity index is 789. The molecule has 26 heavy (non-hydrogen) atoms. The quantitative estimate of drug-likeness (QED) is 0.331. The lowest BCUT2D eigenvalue weighted by Crippen LogP contribution is -2.44. The maximum atomic E-state index is 11.1. The number of hydrogen-bond acceptors (Lipinski definition) is 5. The Morgan fingerprint density at radius 1 is 1.27 bits per heavy atom. The van der Waals surface area contributed by atoms with Crippen molar-refractivity contribution in [3.63, 3.8) is 0 Å². The minimum absolute atomic E-state index is 0.411. The van der Waals surface area contributed by atoms with Crippen LogP contribution >= 0.6 is 0 Å². The van der Waals surface area contributed by atoms with Gasteiger partial charge in [-0.05, 0) is 45.7 Å². The van der Waals surface area contributed by atoms with Crippen LogP contribution in [-0.4, -0.2) is 45.8 Å². The highest BCUT2D eigenvalue weighted by atomic mass is 16.7. The van der Waals surface area contributed by atoms with E-state index in [0.29, 0.717) is 6.41 Å². The van der Waals surface area contributed by atoms with Crippen molar-refractivity contribution < 1.29 is 9.63 Å². The van der Waals surface area contributed by atoms with Gasteiger partial charge in [-0.3, -0.25) is 4.79 Å². The van der Waals surface area contributed by atoms with Gasteiger partial charge in [-0.15, -0.1) is 5.17 Å². The molecule has 0 aliphatic heterocycles. The van der Waals surface area contributed by atoms with Crippen LogP contribution in [0.5, 0.6) is 0 Å². The van der Waals surface area contributed by atoms with Crippen molar-refractivity contribution in [3.05, 3.63) is 36.3 Å². The summed E-state index contributed by atoms with van der Waals surface area (Å²) in [6.45, 7) is 6.45. The fourth-order valence-electron chi connectivity index (χ4n) is 2.32. The molecular formula is C20H26N4O2. The van der Waals surface area contributed by atoms with Gasteiger partial charge in [0.15, 0.2) is 0 Å². The molecule has 0 aliphatic rings. The van der Waals surface area contributed by atoms with Crippen LogP contribution < -0.4 is 0 Å². The summed E-state index contributed by atoms with van der Waals surface area (Å²) < 4.78 is 0. The average Bonchev–Trinajstić information content (AvgIpc) is 2.61. The summed E-state index contributed by atoms with van der Waals surface area (Å²) in [6, 6.07) is 5.94. The summed E-state index contributed by atoms with van der Waals surface area (Å²) in [6.07, 6.45) is 6.71. The molecule has 1 aromatic carbocycles. The summed E-state index contributed by atoms with van der Waals surface area (Å²) in [7, 11) is 1.84. The van der Waals surface area contributed by atoms with E-state index in [1.807, 2.05) is 46.0 Å². The molecule has 0 atom stereocenters. The fourth-order valence-corrected chi connectivity index (χ4v) is 2.32. The van der Waals surface area contributed by atoms with Gasteiger partial charge in [0.25, 0.3) is 0 Å². The van der Waals surface area contributed by atoms with Crippen molar-refractivity contribution in [2.24, 2.45) is 0 Å². The predicted molar refractivity (Wildman–Crippen MR) is 102 cm³/mol. The number of carbonyl (C=O) groups is 1. The van der Waals surface area contributed by atoms with Gasteiger partial charge in [0.2, 0.25) is 6.41 Å². The largest absolute Gasteiger partial charge is 0.275 e. The first kappa shape index (κ1) is 19.8. The molecule has 0 spiro atoms. The second kappa shape index (κ2) is 9.27. The Balaban J connectivity index is 1.76. The van der Waals surface area contributed by atoms with Crippen LogP contribution in [-0.2, 0) is 9.63 Å². The first-order valence-electron chi connectivity index (χ1n) is 8.72. The second-order valence-corrected chi connectivity index (χ2v) is 7.05. The van der Waals surface area contributed by atoms with Gasteiger partial charge in [0.1, 0.15) is 6.33 Å². The molecule has 0 bridgehead atoms. The molecule has 2 rings (SSSR count). The molecule has 1 amide bonds. The van der Waals surface area contributed by atoms with Gasteiger partial charge in [0, 0.05) is 37.2 Å². The molecule has 0 fully saturated rings. The zero-order valence-corrected chi connectivity index (χ0v) is 15.9. The summed E-state index contributed by atoms with van der Waals surface area (Å²) in [5, 5.41) is 4.04. The van der Waals surface area contributed by atoms with E-state index in [1.165, 1.54) is 5.17 Å². The molecule has 6 heteroatoms. The summed E-state index contributed by atoms with van der Waals surface area (Å²) in [5.74, 6) is 6.37. The Labute approximate surface area is 155 Å². The maximum absolute atomic E-state index is 11.1. The molecule has 1 heterocycles. The third-order valence-corrected chi connectivity index (χ3v) is 3.57. The summed E-state index contributed by atoms with van der Waals surface area (Å²) >= 11 is 0. The van der Waals surface area contributed by atoms with Crippen molar-refractivity contribution >= 4 is 17.3 Å². The first-order valence-corrected chi connectivity index (χ1v) is 8.72. The molecule has 0 saturated heterocycles. The van der Waals surface area contributed by atoms with Crippen LogP contribution in [0.1, 0.15) is 45.6 Å². The number of carbonyl (C=O) groups excluding carboxylic acids is 1. The molecule has 0 aliphatic carbocycles. The van der Waals surface area contributed by atoms with Crippen LogP contribution in [0, 0.1) is 11.8 Å². The smallest absolute Gasteiger partial charge is 0.249 e. The van der Waals surface area contributed by atoms with E-state index in [-0.39, 0.29) is 0 Å². The SMILES string of the molecule is CN(CCCCC#Cc1ccc2cncnc2c1)N(C=O)OC(C)(C)C. The highest BCUT2D eigenvalue weighted by Gasteiger charge is 2.18.